The molecule has 0 aliphatic heterocycles. The maximum absolute atomic E-state index is 9.25. The Balaban J connectivity index is 0.000000252. The van der Waals surface area contributed by atoms with Gasteiger partial charge in [-0.15, -0.1) is 0 Å². The Bertz CT molecular complexity index is 151. The van der Waals surface area contributed by atoms with Crippen molar-refractivity contribution in [2.75, 3.05) is 0 Å². The molecule has 0 radical (unpaired) electrons. The van der Waals surface area contributed by atoms with E-state index in [1.807, 2.05) is 0 Å². The van der Waals surface area contributed by atoms with Crippen molar-refractivity contribution in [2.45, 2.75) is 37.1 Å². The molecule has 3 heteroatoms. The van der Waals surface area contributed by atoms with Crippen LogP contribution in [0.15, 0.2) is 12.7 Å². The van der Waals surface area contributed by atoms with E-state index in [2.05, 4.69) is 9.60 Å². The van der Waals surface area contributed by atoms with Gasteiger partial charge in [0.25, 0.3) is 0 Å². The number of carboxylic acid groups (broad SMARTS) is 1. The zero-order valence-electron chi connectivity index (χ0n) is 8.46. The van der Waals surface area contributed by atoms with Crippen molar-refractivity contribution in [1.82, 2.24) is 0 Å². The van der Waals surface area contributed by atoms with E-state index in [1.54, 1.807) is 25.7 Å². The topological polar surface area (TPSA) is 37.3 Å². The summed E-state index contributed by atoms with van der Waals surface area (Å²) in [6, 6.07) is 0. The molecule has 0 aromatic heterocycles. The van der Waals surface area contributed by atoms with E-state index in [9.17, 15) is 4.79 Å². The van der Waals surface area contributed by atoms with Gasteiger partial charge in [-0.05, 0) is 0 Å². The molecule has 1 aliphatic rings. The molecule has 1 saturated carbocycles. The van der Waals surface area contributed by atoms with Crippen LogP contribution in [0.2, 0.25) is 5.04 Å². The number of hydrogen-bond acceptors (Lipinski definition) is 1. The Morgan fingerprint density at radius 2 is 1.92 bits per heavy atom. The molecule has 0 aromatic carbocycles. The standard InChI is InChI=1S/C6H11.C3H4O2.CH3.Ca/c1-2-4-6-5-3-1;1-2-3(4)5;;/h1H,2-6H2;2H,1H2,(H,4,5);1H3;. The van der Waals surface area contributed by atoms with E-state index in [-0.39, 0.29) is 33.8 Å². The van der Waals surface area contributed by atoms with Gasteiger partial charge < -0.3 is 5.11 Å². The monoisotopic (exact) mass is 210 g/mol. The molecule has 0 aromatic rings. The summed E-state index contributed by atoms with van der Waals surface area (Å²) < 4.78 is 3.78. The minimum atomic E-state index is -0.981. The SMILES string of the molecule is C=CC(=O)O.[CH3][Ca][CH]1CCCCC1. The van der Waals surface area contributed by atoms with Crippen LogP contribution < -0.4 is 0 Å². The Hall–Kier alpha value is 0.470. The summed E-state index contributed by atoms with van der Waals surface area (Å²) in [6.07, 6.45) is 8.64. The van der Waals surface area contributed by atoms with Crippen LogP contribution >= 0.6 is 0 Å². The maximum atomic E-state index is 9.25. The quantitative estimate of drug-likeness (QED) is 0.562. The van der Waals surface area contributed by atoms with Gasteiger partial charge in [0.1, 0.15) is 0 Å². The van der Waals surface area contributed by atoms with Crippen LogP contribution in [0.5, 0.6) is 0 Å². The number of carboxylic acids is 1. The van der Waals surface area contributed by atoms with E-state index >= 15 is 0 Å². The van der Waals surface area contributed by atoms with Crippen molar-refractivity contribution in [3.8, 4) is 0 Å². The summed E-state index contributed by atoms with van der Waals surface area (Å²) in [6.45, 7) is 2.96. The minimum absolute atomic E-state index is 0.00125. The van der Waals surface area contributed by atoms with Gasteiger partial charge in [0.2, 0.25) is 0 Å². The molecule has 1 fully saturated rings. The van der Waals surface area contributed by atoms with Crippen molar-refractivity contribution >= 4 is 39.8 Å². The number of hydrogen-bond donors (Lipinski definition) is 1. The zero-order chi connectivity index (χ0) is 10.1. The normalized spacial score (nSPS) is 16.4. The summed E-state index contributed by atoms with van der Waals surface area (Å²) in [5, 5.41) is 7.60. The fourth-order valence-corrected chi connectivity index (χ4v) is 3.77. The first kappa shape index (κ1) is 13.5. The Kier molecular flexibility index (Phi) is 9.37. The van der Waals surface area contributed by atoms with Gasteiger partial charge in [-0.1, -0.05) is 6.58 Å². The van der Waals surface area contributed by atoms with E-state index in [0.29, 0.717) is 0 Å². The van der Waals surface area contributed by atoms with Gasteiger partial charge in [0, 0.05) is 6.08 Å². The summed E-state index contributed by atoms with van der Waals surface area (Å²) in [5.41, 5.74) is 0. The fourth-order valence-electron chi connectivity index (χ4n) is 1.60. The predicted molar refractivity (Wildman–Crippen MR) is 56.3 cm³/mol. The van der Waals surface area contributed by atoms with Crippen molar-refractivity contribution in [3.05, 3.63) is 12.7 Å². The molecule has 13 heavy (non-hydrogen) atoms. The van der Waals surface area contributed by atoms with Gasteiger partial charge >= 0.3 is 76.9 Å². The molecule has 72 valence electrons. The first-order valence-corrected chi connectivity index (χ1v) is 8.54. The van der Waals surface area contributed by atoms with Gasteiger partial charge in [-0.3, -0.25) is 0 Å². The van der Waals surface area contributed by atoms with Gasteiger partial charge in [0.05, 0.1) is 0 Å². The van der Waals surface area contributed by atoms with Gasteiger partial charge in [-0.2, -0.15) is 0 Å². The second-order valence-electron chi connectivity index (χ2n) is 3.45. The first-order valence-electron chi connectivity index (χ1n) is 5.06. The van der Waals surface area contributed by atoms with Crippen LogP contribution in [-0.4, -0.2) is 44.9 Å². The number of carbonyl (C=O) groups is 1. The summed E-state index contributed by atoms with van der Waals surface area (Å²) in [5.74, 6) is -0.981. The van der Waals surface area contributed by atoms with Crippen LogP contribution in [0.25, 0.3) is 0 Å². The van der Waals surface area contributed by atoms with Crippen LogP contribution in [0.3, 0.4) is 0 Å². The third-order valence-electron chi connectivity index (χ3n) is 2.48. The third-order valence-corrected chi connectivity index (χ3v) is 5.55. The predicted octanol–water partition coefficient (Wildman–Crippen LogP) is 2.75. The van der Waals surface area contributed by atoms with Crippen molar-refractivity contribution in [1.29, 1.82) is 0 Å². The molecule has 1 N–H and O–H groups in total. The van der Waals surface area contributed by atoms with E-state index in [4.69, 9.17) is 5.11 Å². The molecule has 0 heterocycles. The molecule has 0 unspecified atom stereocenters. The molecule has 0 spiro atoms. The first-order chi connectivity index (χ1) is 6.20. The average Bonchev–Trinajstić information content (AvgIpc) is 2.20. The van der Waals surface area contributed by atoms with E-state index in [1.165, 1.54) is 8.44 Å². The van der Waals surface area contributed by atoms with Crippen LogP contribution in [-0.2, 0) is 4.79 Å². The molecular weight excluding hydrogens is 192 g/mol. The molecule has 0 bridgehead atoms. The van der Waals surface area contributed by atoms with Gasteiger partial charge in [0.15, 0.2) is 0 Å². The number of rotatable bonds is 2. The number of aliphatic carboxylic acids is 1. The molecule has 1 rings (SSSR count). The van der Waals surface area contributed by atoms with Crippen molar-refractivity contribution in [2.24, 2.45) is 0 Å². The van der Waals surface area contributed by atoms with E-state index in [0.717, 1.165) is 6.08 Å². The van der Waals surface area contributed by atoms with Crippen LogP contribution in [0.1, 0.15) is 32.1 Å². The molecule has 0 amide bonds. The van der Waals surface area contributed by atoms with Crippen LogP contribution in [0.4, 0.5) is 0 Å². The second-order valence-corrected chi connectivity index (χ2v) is 6.53. The molecule has 0 saturated heterocycles. The van der Waals surface area contributed by atoms with Crippen molar-refractivity contribution < 1.29 is 9.90 Å². The third kappa shape index (κ3) is 8.79. The van der Waals surface area contributed by atoms with E-state index < -0.39 is 5.97 Å². The second kappa shape index (κ2) is 9.04. The van der Waals surface area contributed by atoms with Gasteiger partial charge in [-0.25, -0.2) is 4.79 Å². The molecule has 1 aliphatic carbocycles. The zero-order valence-corrected chi connectivity index (χ0v) is 10.7. The van der Waals surface area contributed by atoms with Crippen LogP contribution in [0, 0.1) is 0 Å². The Morgan fingerprint density at radius 3 is 2.15 bits per heavy atom. The summed E-state index contributed by atoms with van der Waals surface area (Å²) in [4.78, 5) is 9.25. The fraction of sp³-hybridized carbons (Fsp3) is 0.700. The molecular formula is C10H18CaO2. The molecule has 0 atom stereocenters. The Labute approximate surface area is 98.7 Å². The van der Waals surface area contributed by atoms with Crippen molar-refractivity contribution in [3.63, 3.8) is 0 Å². The summed E-state index contributed by atoms with van der Waals surface area (Å²) >= 11 is 0.00125. The Morgan fingerprint density at radius 1 is 1.46 bits per heavy atom. The average molecular weight is 210 g/mol. The summed E-state index contributed by atoms with van der Waals surface area (Å²) in [7, 11) is 0. The molecule has 2 nitrogen and oxygen atoms in total.